The Morgan fingerprint density at radius 2 is 1.64 bits per heavy atom. The Balaban J connectivity index is 1.78. The van der Waals surface area contributed by atoms with Gasteiger partial charge in [-0.1, -0.05) is 12.5 Å². The number of azo groups is 1. The van der Waals surface area contributed by atoms with Crippen LogP contribution in [-0.2, 0) is 10.0 Å². The Morgan fingerprint density at radius 1 is 0.960 bits per heavy atom. The summed E-state index contributed by atoms with van der Waals surface area (Å²) < 4.78 is 26.7. The van der Waals surface area contributed by atoms with E-state index >= 15 is 0 Å². The fraction of sp³-hybridized carbons (Fsp3) is 0.333. The van der Waals surface area contributed by atoms with Crippen molar-refractivity contribution in [2.45, 2.75) is 31.1 Å². The normalized spacial score (nSPS) is 16.4. The first-order valence-corrected chi connectivity index (χ1v) is 9.72. The van der Waals surface area contributed by atoms with E-state index in [4.69, 9.17) is 0 Å². The molecule has 0 aromatic heterocycles. The van der Waals surface area contributed by atoms with E-state index in [1.807, 2.05) is 6.92 Å². The molecule has 0 bridgehead atoms. The molecule has 1 aliphatic heterocycles. The molecule has 1 N–H and O–H groups in total. The third-order valence-corrected chi connectivity index (χ3v) is 6.11. The lowest BCUT2D eigenvalue weighted by molar-refractivity contribution is 0.346. The van der Waals surface area contributed by atoms with Gasteiger partial charge in [0.05, 0.1) is 10.6 Å². The van der Waals surface area contributed by atoms with Crippen molar-refractivity contribution in [1.82, 2.24) is 4.31 Å². The van der Waals surface area contributed by atoms with Gasteiger partial charge in [0, 0.05) is 13.1 Å². The van der Waals surface area contributed by atoms with E-state index in [0.29, 0.717) is 24.5 Å². The van der Waals surface area contributed by atoms with Crippen LogP contribution in [0.1, 0.15) is 24.8 Å². The molecular formula is C18H21N3O3S. The van der Waals surface area contributed by atoms with Crippen LogP contribution in [0.5, 0.6) is 5.75 Å². The second-order valence-electron chi connectivity index (χ2n) is 6.15. The number of rotatable bonds is 4. The predicted molar refractivity (Wildman–Crippen MR) is 96.1 cm³/mol. The molecule has 3 rings (SSSR count). The molecule has 0 radical (unpaired) electrons. The number of hydrogen-bond acceptors (Lipinski definition) is 5. The third kappa shape index (κ3) is 4.05. The van der Waals surface area contributed by atoms with Crippen LogP contribution in [0.4, 0.5) is 11.4 Å². The summed E-state index contributed by atoms with van der Waals surface area (Å²) in [6.07, 6.45) is 2.90. The summed E-state index contributed by atoms with van der Waals surface area (Å²) in [4.78, 5) is 0.270. The Bertz CT molecular complexity index is 871. The van der Waals surface area contributed by atoms with E-state index in [9.17, 15) is 13.5 Å². The standard InChI is InChI=1S/C18H21N3O3S/c1-14-5-10-18(22)17(13-14)20-19-15-6-8-16(9-7-15)25(23,24)21-11-3-2-4-12-21/h5-10,13,22H,2-4,11-12H2,1H3. The van der Waals surface area contributed by atoms with Gasteiger partial charge in [0.15, 0.2) is 0 Å². The molecule has 0 saturated carbocycles. The van der Waals surface area contributed by atoms with Crippen molar-refractivity contribution >= 4 is 21.4 Å². The highest BCUT2D eigenvalue weighted by atomic mass is 32.2. The fourth-order valence-corrected chi connectivity index (χ4v) is 4.28. The molecule has 25 heavy (non-hydrogen) atoms. The molecule has 2 aromatic carbocycles. The third-order valence-electron chi connectivity index (χ3n) is 4.19. The van der Waals surface area contributed by atoms with E-state index in [0.717, 1.165) is 24.8 Å². The zero-order chi connectivity index (χ0) is 17.9. The molecule has 7 heteroatoms. The minimum absolute atomic E-state index is 0.0543. The Labute approximate surface area is 147 Å². The van der Waals surface area contributed by atoms with Crippen LogP contribution < -0.4 is 0 Å². The van der Waals surface area contributed by atoms with Crippen molar-refractivity contribution in [3.05, 3.63) is 48.0 Å². The molecule has 0 aliphatic carbocycles. The Morgan fingerprint density at radius 3 is 2.32 bits per heavy atom. The van der Waals surface area contributed by atoms with Crippen molar-refractivity contribution in [3.8, 4) is 5.75 Å². The van der Waals surface area contributed by atoms with Gasteiger partial charge in [-0.3, -0.25) is 0 Å². The molecule has 0 spiro atoms. The number of piperidine rings is 1. The smallest absolute Gasteiger partial charge is 0.243 e. The highest BCUT2D eigenvalue weighted by molar-refractivity contribution is 7.89. The number of aryl methyl sites for hydroxylation is 1. The van der Waals surface area contributed by atoms with Crippen LogP contribution in [-0.4, -0.2) is 30.9 Å². The monoisotopic (exact) mass is 359 g/mol. The van der Waals surface area contributed by atoms with Crippen molar-refractivity contribution in [3.63, 3.8) is 0 Å². The molecule has 1 heterocycles. The number of aromatic hydroxyl groups is 1. The minimum Gasteiger partial charge on any atom is -0.506 e. The maximum absolute atomic E-state index is 12.6. The predicted octanol–water partition coefficient (Wildman–Crippen LogP) is 4.29. The summed E-state index contributed by atoms with van der Waals surface area (Å²) in [5.74, 6) is 0.0543. The van der Waals surface area contributed by atoms with Crippen LogP contribution >= 0.6 is 0 Å². The number of hydrogen-bond donors (Lipinski definition) is 1. The number of benzene rings is 2. The molecule has 132 valence electrons. The summed E-state index contributed by atoms with van der Waals surface area (Å²) in [6.45, 7) is 3.06. The zero-order valence-corrected chi connectivity index (χ0v) is 14.9. The van der Waals surface area contributed by atoms with Crippen LogP contribution in [0.15, 0.2) is 57.6 Å². The largest absolute Gasteiger partial charge is 0.506 e. The SMILES string of the molecule is Cc1ccc(O)c(N=Nc2ccc(S(=O)(=O)N3CCCCC3)cc2)c1. The quantitative estimate of drug-likeness (QED) is 0.827. The van der Waals surface area contributed by atoms with E-state index in [2.05, 4.69) is 10.2 Å². The summed E-state index contributed by atoms with van der Waals surface area (Å²) in [6, 6.07) is 11.4. The molecule has 1 fully saturated rings. The van der Waals surface area contributed by atoms with Gasteiger partial charge in [-0.25, -0.2) is 8.42 Å². The van der Waals surface area contributed by atoms with E-state index in [-0.39, 0.29) is 10.6 Å². The lowest BCUT2D eigenvalue weighted by atomic mass is 10.2. The van der Waals surface area contributed by atoms with Crippen molar-refractivity contribution in [2.75, 3.05) is 13.1 Å². The molecule has 0 atom stereocenters. The fourth-order valence-electron chi connectivity index (χ4n) is 2.76. The first kappa shape index (κ1) is 17.6. The minimum atomic E-state index is -3.44. The van der Waals surface area contributed by atoms with E-state index in [1.54, 1.807) is 42.5 Å². The van der Waals surface area contributed by atoms with Gasteiger partial charge < -0.3 is 5.11 Å². The van der Waals surface area contributed by atoms with Crippen molar-refractivity contribution < 1.29 is 13.5 Å². The number of nitrogens with zero attached hydrogens (tertiary/aromatic N) is 3. The lowest BCUT2D eigenvalue weighted by Crippen LogP contribution is -2.35. The number of sulfonamides is 1. The van der Waals surface area contributed by atoms with Gasteiger partial charge in [-0.05, 0) is 61.7 Å². The average Bonchev–Trinajstić information content (AvgIpc) is 2.63. The first-order valence-electron chi connectivity index (χ1n) is 8.28. The molecule has 0 amide bonds. The van der Waals surface area contributed by atoms with Gasteiger partial charge in [-0.15, -0.1) is 5.11 Å². The van der Waals surface area contributed by atoms with Gasteiger partial charge in [-0.2, -0.15) is 9.42 Å². The van der Waals surface area contributed by atoms with Crippen LogP contribution in [0.2, 0.25) is 0 Å². The van der Waals surface area contributed by atoms with Crippen LogP contribution in [0.25, 0.3) is 0 Å². The number of phenols is 1. The maximum Gasteiger partial charge on any atom is 0.243 e. The highest BCUT2D eigenvalue weighted by Gasteiger charge is 2.25. The summed E-state index contributed by atoms with van der Waals surface area (Å²) in [5.41, 5.74) is 1.87. The maximum atomic E-state index is 12.6. The van der Waals surface area contributed by atoms with Crippen LogP contribution in [0.3, 0.4) is 0 Å². The van der Waals surface area contributed by atoms with Crippen molar-refractivity contribution in [2.24, 2.45) is 10.2 Å². The molecule has 1 saturated heterocycles. The lowest BCUT2D eigenvalue weighted by Gasteiger charge is -2.25. The van der Waals surface area contributed by atoms with Gasteiger partial charge in [0.2, 0.25) is 10.0 Å². The van der Waals surface area contributed by atoms with E-state index < -0.39 is 10.0 Å². The topological polar surface area (TPSA) is 82.3 Å². The molecule has 6 nitrogen and oxygen atoms in total. The second kappa shape index (κ2) is 7.33. The summed E-state index contributed by atoms with van der Waals surface area (Å²) in [5, 5.41) is 17.9. The second-order valence-corrected chi connectivity index (χ2v) is 8.09. The molecular weight excluding hydrogens is 338 g/mol. The van der Waals surface area contributed by atoms with Gasteiger partial charge in [0.25, 0.3) is 0 Å². The summed E-state index contributed by atoms with van der Waals surface area (Å²) >= 11 is 0. The first-order chi connectivity index (χ1) is 12.0. The molecule has 0 unspecified atom stereocenters. The highest BCUT2D eigenvalue weighted by Crippen LogP contribution is 2.29. The van der Waals surface area contributed by atoms with Crippen molar-refractivity contribution in [1.29, 1.82) is 0 Å². The Hall–Kier alpha value is -2.25. The summed E-state index contributed by atoms with van der Waals surface area (Å²) in [7, 11) is -3.44. The number of phenolic OH excluding ortho intramolecular Hbond substituents is 1. The van der Waals surface area contributed by atoms with Gasteiger partial charge in [0.1, 0.15) is 11.4 Å². The average molecular weight is 359 g/mol. The van der Waals surface area contributed by atoms with E-state index in [1.165, 1.54) is 4.31 Å². The van der Waals surface area contributed by atoms with Gasteiger partial charge >= 0.3 is 0 Å². The van der Waals surface area contributed by atoms with Crippen LogP contribution in [0, 0.1) is 6.92 Å². The molecule has 2 aromatic rings. The Kier molecular flexibility index (Phi) is 5.15. The molecule has 1 aliphatic rings. The zero-order valence-electron chi connectivity index (χ0n) is 14.1.